The molecule has 0 bridgehead atoms. The summed E-state index contributed by atoms with van der Waals surface area (Å²) in [7, 11) is 0. The Labute approximate surface area is 200 Å². The number of hydrazine groups is 2. The molecule has 0 saturated heterocycles. The normalized spacial score (nSPS) is 10.0. The van der Waals surface area contributed by atoms with Crippen molar-refractivity contribution in [3.8, 4) is 0 Å². The van der Waals surface area contributed by atoms with Crippen molar-refractivity contribution in [2.45, 2.75) is 32.1 Å². The van der Waals surface area contributed by atoms with Crippen LogP contribution in [0.1, 0.15) is 32.1 Å². The SMILES string of the molecule is O=C(CCCCCC(=O)NNC(=S)Nc1cccc(F)c1)NNC(=S)Nc1cccc(F)c1. The first-order valence-electron chi connectivity index (χ1n) is 10.0. The predicted octanol–water partition coefficient (Wildman–Crippen LogP) is 3.25. The first kappa shape index (κ1) is 25.9. The van der Waals surface area contributed by atoms with E-state index in [0.717, 1.165) is 0 Å². The fourth-order valence-corrected chi connectivity index (χ4v) is 2.92. The molecule has 0 aliphatic carbocycles. The third-order valence-corrected chi connectivity index (χ3v) is 4.51. The maximum absolute atomic E-state index is 13.1. The number of hydrogen-bond acceptors (Lipinski definition) is 4. The summed E-state index contributed by atoms with van der Waals surface area (Å²) in [6.45, 7) is 0. The van der Waals surface area contributed by atoms with Gasteiger partial charge in [0.2, 0.25) is 11.8 Å². The van der Waals surface area contributed by atoms with Crippen LogP contribution in [0, 0.1) is 11.6 Å². The van der Waals surface area contributed by atoms with E-state index in [2.05, 4.69) is 32.3 Å². The van der Waals surface area contributed by atoms with Gasteiger partial charge < -0.3 is 10.6 Å². The van der Waals surface area contributed by atoms with Crippen LogP contribution in [0.5, 0.6) is 0 Å². The third kappa shape index (κ3) is 11.2. The Morgan fingerprint density at radius 3 is 1.48 bits per heavy atom. The fraction of sp³-hybridized carbons (Fsp3) is 0.238. The molecule has 0 aliphatic rings. The molecule has 12 heteroatoms. The average molecular weight is 495 g/mol. The molecule has 2 aromatic carbocycles. The standard InChI is InChI=1S/C21H24F2N6O2S2/c22-14-6-4-8-16(12-14)24-20(32)28-26-18(30)10-2-1-3-11-19(31)27-29-21(33)25-17-9-5-7-15(23)13-17/h4-9,12-13H,1-3,10-11H2,(H,26,30)(H,27,31)(H2,24,28,32)(H2,25,29,33). The van der Waals surface area contributed by atoms with Crippen molar-refractivity contribution < 1.29 is 18.4 Å². The van der Waals surface area contributed by atoms with Gasteiger partial charge in [-0.2, -0.15) is 0 Å². The highest BCUT2D eigenvalue weighted by Crippen LogP contribution is 2.09. The second-order valence-electron chi connectivity index (χ2n) is 6.84. The van der Waals surface area contributed by atoms with E-state index in [-0.39, 0.29) is 34.9 Å². The highest BCUT2D eigenvalue weighted by Gasteiger charge is 2.06. The molecule has 2 rings (SSSR count). The van der Waals surface area contributed by atoms with Gasteiger partial charge in [-0.3, -0.25) is 31.3 Å². The molecule has 6 N–H and O–H groups in total. The Kier molecular flexibility index (Phi) is 10.9. The molecule has 0 atom stereocenters. The summed E-state index contributed by atoms with van der Waals surface area (Å²) in [4.78, 5) is 23.7. The van der Waals surface area contributed by atoms with Gasteiger partial charge in [-0.05, 0) is 73.7 Å². The topological polar surface area (TPSA) is 106 Å². The zero-order valence-electron chi connectivity index (χ0n) is 17.5. The molecule has 0 radical (unpaired) electrons. The molecule has 2 aromatic rings. The first-order valence-corrected chi connectivity index (χ1v) is 10.9. The Bertz CT molecular complexity index is 915. The van der Waals surface area contributed by atoms with Gasteiger partial charge in [-0.1, -0.05) is 18.6 Å². The summed E-state index contributed by atoms with van der Waals surface area (Å²) in [6.07, 6.45) is 2.32. The number of halogens is 2. The fourth-order valence-electron chi connectivity index (χ4n) is 2.58. The average Bonchev–Trinajstić information content (AvgIpc) is 2.76. The zero-order valence-corrected chi connectivity index (χ0v) is 19.2. The largest absolute Gasteiger partial charge is 0.331 e. The second-order valence-corrected chi connectivity index (χ2v) is 7.65. The Balaban J connectivity index is 1.50. The summed E-state index contributed by atoms with van der Waals surface area (Å²) >= 11 is 10.1. The van der Waals surface area contributed by atoms with Gasteiger partial charge in [0.05, 0.1) is 0 Å². The number of amides is 2. The summed E-state index contributed by atoms with van der Waals surface area (Å²) in [5.41, 5.74) is 10.9. The van der Waals surface area contributed by atoms with Crippen LogP contribution in [-0.2, 0) is 9.59 Å². The van der Waals surface area contributed by atoms with E-state index in [1.165, 1.54) is 36.4 Å². The minimum absolute atomic E-state index is 0.128. The molecule has 33 heavy (non-hydrogen) atoms. The van der Waals surface area contributed by atoms with Gasteiger partial charge in [-0.15, -0.1) is 0 Å². The lowest BCUT2D eigenvalue weighted by atomic mass is 10.1. The first-order chi connectivity index (χ1) is 15.8. The van der Waals surface area contributed by atoms with Gasteiger partial charge in [0.15, 0.2) is 10.2 Å². The van der Waals surface area contributed by atoms with Crippen molar-refractivity contribution in [3.63, 3.8) is 0 Å². The van der Waals surface area contributed by atoms with Crippen LogP contribution in [0.25, 0.3) is 0 Å². The minimum Gasteiger partial charge on any atom is -0.331 e. The molecule has 0 aromatic heterocycles. The van der Waals surface area contributed by atoms with Crippen LogP contribution in [0.15, 0.2) is 48.5 Å². The minimum atomic E-state index is -0.403. The van der Waals surface area contributed by atoms with Crippen LogP contribution in [0.2, 0.25) is 0 Å². The molecular formula is C21H24F2N6O2S2. The maximum Gasteiger partial charge on any atom is 0.238 e. The van der Waals surface area contributed by atoms with Crippen molar-refractivity contribution in [1.29, 1.82) is 0 Å². The molecule has 0 fully saturated rings. The highest BCUT2D eigenvalue weighted by molar-refractivity contribution is 7.80. The predicted molar refractivity (Wildman–Crippen MR) is 131 cm³/mol. The number of anilines is 2. The molecule has 0 saturated carbocycles. The van der Waals surface area contributed by atoms with Crippen molar-refractivity contribution in [3.05, 3.63) is 60.2 Å². The van der Waals surface area contributed by atoms with Gasteiger partial charge in [0.25, 0.3) is 0 Å². The van der Waals surface area contributed by atoms with Gasteiger partial charge in [-0.25, -0.2) is 8.78 Å². The summed E-state index contributed by atoms with van der Waals surface area (Å²) in [6, 6.07) is 11.5. The summed E-state index contributed by atoms with van der Waals surface area (Å²) < 4.78 is 26.3. The van der Waals surface area contributed by atoms with E-state index in [0.29, 0.717) is 30.6 Å². The van der Waals surface area contributed by atoms with E-state index in [4.69, 9.17) is 24.4 Å². The van der Waals surface area contributed by atoms with Crippen LogP contribution >= 0.6 is 24.4 Å². The van der Waals surface area contributed by atoms with Crippen LogP contribution in [0.4, 0.5) is 20.2 Å². The lowest BCUT2D eigenvalue weighted by molar-refractivity contribution is -0.122. The number of rotatable bonds is 8. The van der Waals surface area contributed by atoms with E-state index < -0.39 is 11.6 Å². The second kappa shape index (κ2) is 13.9. The lowest BCUT2D eigenvalue weighted by Crippen LogP contribution is -2.43. The third-order valence-electron chi connectivity index (χ3n) is 4.10. The molecule has 0 aliphatic heterocycles. The summed E-state index contributed by atoms with van der Waals surface area (Å²) in [5, 5.41) is 5.75. The molecule has 0 heterocycles. The Morgan fingerprint density at radius 1 is 0.667 bits per heavy atom. The monoisotopic (exact) mass is 494 g/mol. The highest BCUT2D eigenvalue weighted by atomic mass is 32.1. The lowest BCUT2D eigenvalue weighted by Gasteiger charge is -2.12. The van der Waals surface area contributed by atoms with E-state index >= 15 is 0 Å². The summed E-state index contributed by atoms with van der Waals surface area (Å²) in [5.74, 6) is -1.34. The van der Waals surface area contributed by atoms with Gasteiger partial charge >= 0.3 is 0 Å². The molecular weight excluding hydrogens is 470 g/mol. The number of carbonyl (C=O) groups excluding carboxylic acids is 2. The molecule has 176 valence electrons. The number of nitrogens with one attached hydrogen (secondary N) is 6. The maximum atomic E-state index is 13.1. The van der Waals surface area contributed by atoms with Crippen molar-refractivity contribution in [2.24, 2.45) is 0 Å². The quantitative estimate of drug-likeness (QED) is 0.189. The van der Waals surface area contributed by atoms with Crippen molar-refractivity contribution in [1.82, 2.24) is 21.7 Å². The Morgan fingerprint density at radius 2 is 1.09 bits per heavy atom. The number of thiocarbonyl (C=S) groups is 2. The number of hydrogen-bond donors (Lipinski definition) is 6. The van der Waals surface area contributed by atoms with Crippen LogP contribution in [-0.4, -0.2) is 22.0 Å². The van der Waals surface area contributed by atoms with Gasteiger partial charge in [0.1, 0.15) is 11.6 Å². The Hall–Kier alpha value is -3.38. The molecule has 8 nitrogen and oxygen atoms in total. The number of unbranched alkanes of at least 4 members (excludes halogenated alkanes) is 2. The van der Waals surface area contributed by atoms with Crippen molar-refractivity contribution in [2.75, 3.05) is 10.6 Å². The van der Waals surface area contributed by atoms with Crippen LogP contribution < -0.4 is 32.3 Å². The van der Waals surface area contributed by atoms with Crippen LogP contribution in [0.3, 0.4) is 0 Å². The van der Waals surface area contributed by atoms with E-state index in [1.807, 2.05) is 0 Å². The molecule has 0 unspecified atom stereocenters. The zero-order chi connectivity index (χ0) is 24.1. The number of carbonyl (C=O) groups is 2. The van der Waals surface area contributed by atoms with Crippen molar-refractivity contribution >= 4 is 57.8 Å². The van der Waals surface area contributed by atoms with E-state index in [9.17, 15) is 18.4 Å². The molecule has 2 amide bonds. The van der Waals surface area contributed by atoms with Gasteiger partial charge in [0, 0.05) is 24.2 Å². The smallest absolute Gasteiger partial charge is 0.238 e. The number of benzene rings is 2. The van der Waals surface area contributed by atoms with E-state index in [1.54, 1.807) is 12.1 Å². The molecule has 0 spiro atoms.